The molecule has 114 valence electrons. The van der Waals surface area contributed by atoms with Gasteiger partial charge in [0, 0.05) is 50.8 Å². The molecule has 1 aliphatic rings. The molecule has 1 N–H and O–H groups in total. The van der Waals surface area contributed by atoms with E-state index < -0.39 is 0 Å². The summed E-state index contributed by atoms with van der Waals surface area (Å²) in [5.41, 5.74) is 0. The van der Waals surface area contributed by atoms with Crippen molar-refractivity contribution in [1.82, 2.24) is 15.1 Å². The molecule has 1 fully saturated rings. The minimum atomic E-state index is 0.661. The number of piperazine rings is 1. The Morgan fingerprint density at radius 3 is 1.89 bits per heavy atom. The summed E-state index contributed by atoms with van der Waals surface area (Å²) in [6.07, 6.45) is 3.83. The van der Waals surface area contributed by atoms with Crippen LogP contribution < -0.4 is 5.32 Å². The molecule has 0 saturated carbocycles. The molecule has 0 amide bonds. The topological polar surface area (TPSA) is 18.5 Å². The van der Waals surface area contributed by atoms with Gasteiger partial charge in [-0.15, -0.1) is 0 Å². The predicted molar refractivity (Wildman–Crippen MR) is 84.7 cm³/mol. The first-order chi connectivity index (χ1) is 9.08. The zero-order valence-corrected chi connectivity index (χ0v) is 13.8. The summed E-state index contributed by atoms with van der Waals surface area (Å²) in [5, 5.41) is 3.67. The van der Waals surface area contributed by atoms with E-state index in [2.05, 4.69) is 49.7 Å². The van der Waals surface area contributed by atoms with Crippen LogP contribution in [-0.2, 0) is 0 Å². The van der Waals surface area contributed by atoms with Crippen molar-refractivity contribution in [3.63, 3.8) is 0 Å². The molecule has 0 aromatic carbocycles. The Labute approximate surface area is 120 Å². The van der Waals surface area contributed by atoms with E-state index in [4.69, 9.17) is 0 Å². The molecule has 3 nitrogen and oxygen atoms in total. The number of hydrogen-bond donors (Lipinski definition) is 1. The van der Waals surface area contributed by atoms with E-state index >= 15 is 0 Å². The SMILES string of the molecule is CCCC(C)NCC(C)N1CCN(C(C)CC)CC1. The van der Waals surface area contributed by atoms with E-state index in [0.717, 1.165) is 12.6 Å². The second-order valence-corrected chi connectivity index (χ2v) is 6.28. The van der Waals surface area contributed by atoms with Crippen molar-refractivity contribution in [3.05, 3.63) is 0 Å². The third-order valence-corrected chi connectivity index (χ3v) is 4.67. The summed E-state index contributed by atoms with van der Waals surface area (Å²) in [6.45, 7) is 17.6. The van der Waals surface area contributed by atoms with Gasteiger partial charge in [-0.2, -0.15) is 0 Å². The molecule has 1 aliphatic heterocycles. The highest BCUT2D eigenvalue weighted by molar-refractivity contribution is 4.80. The molecule has 0 bridgehead atoms. The Balaban J connectivity index is 2.23. The summed E-state index contributed by atoms with van der Waals surface area (Å²) in [5.74, 6) is 0. The van der Waals surface area contributed by atoms with Crippen molar-refractivity contribution in [2.75, 3.05) is 32.7 Å². The van der Waals surface area contributed by atoms with E-state index in [9.17, 15) is 0 Å². The molecule has 0 spiro atoms. The lowest BCUT2D eigenvalue weighted by atomic mass is 10.1. The van der Waals surface area contributed by atoms with Gasteiger partial charge in [-0.05, 0) is 33.6 Å². The molecule has 1 heterocycles. The predicted octanol–water partition coefficient (Wildman–Crippen LogP) is 2.57. The molecule has 0 aromatic heterocycles. The van der Waals surface area contributed by atoms with Crippen molar-refractivity contribution in [3.8, 4) is 0 Å². The van der Waals surface area contributed by atoms with Gasteiger partial charge in [0.1, 0.15) is 0 Å². The summed E-state index contributed by atoms with van der Waals surface area (Å²) in [7, 11) is 0. The lowest BCUT2D eigenvalue weighted by Crippen LogP contribution is -2.54. The van der Waals surface area contributed by atoms with Gasteiger partial charge in [0.2, 0.25) is 0 Å². The quantitative estimate of drug-likeness (QED) is 0.730. The van der Waals surface area contributed by atoms with E-state index in [1.165, 1.54) is 45.4 Å². The first-order valence-electron chi connectivity index (χ1n) is 8.29. The minimum Gasteiger partial charge on any atom is -0.313 e. The molecular weight excluding hydrogens is 234 g/mol. The average Bonchev–Trinajstić information content (AvgIpc) is 2.44. The van der Waals surface area contributed by atoms with Crippen molar-refractivity contribution in [2.45, 2.75) is 72.0 Å². The smallest absolute Gasteiger partial charge is 0.0193 e. The maximum absolute atomic E-state index is 3.67. The average molecular weight is 269 g/mol. The van der Waals surface area contributed by atoms with Gasteiger partial charge < -0.3 is 5.32 Å². The summed E-state index contributed by atoms with van der Waals surface area (Å²) < 4.78 is 0. The molecule has 0 radical (unpaired) electrons. The first kappa shape index (κ1) is 16.9. The fraction of sp³-hybridized carbons (Fsp3) is 1.00. The van der Waals surface area contributed by atoms with Gasteiger partial charge >= 0.3 is 0 Å². The van der Waals surface area contributed by atoms with Crippen LogP contribution in [0.2, 0.25) is 0 Å². The molecular formula is C16H35N3. The molecule has 3 atom stereocenters. The van der Waals surface area contributed by atoms with Crippen LogP contribution >= 0.6 is 0 Å². The van der Waals surface area contributed by atoms with Crippen molar-refractivity contribution in [1.29, 1.82) is 0 Å². The van der Waals surface area contributed by atoms with Crippen LogP contribution in [0.4, 0.5) is 0 Å². The van der Waals surface area contributed by atoms with E-state index in [0.29, 0.717) is 12.1 Å². The minimum absolute atomic E-state index is 0.661. The first-order valence-corrected chi connectivity index (χ1v) is 8.29. The van der Waals surface area contributed by atoms with Crippen LogP contribution in [0.5, 0.6) is 0 Å². The summed E-state index contributed by atoms with van der Waals surface area (Å²) >= 11 is 0. The van der Waals surface area contributed by atoms with Gasteiger partial charge in [0.05, 0.1) is 0 Å². The zero-order valence-electron chi connectivity index (χ0n) is 13.8. The molecule has 3 heteroatoms. The Morgan fingerprint density at radius 1 is 0.895 bits per heavy atom. The van der Waals surface area contributed by atoms with Crippen LogP contribution in [-0.4, -0.2) is 60.6 Å². The maximum Gasteiger partial charge on any atom is 0.0193 e. The standard InChI is InChI=1S/C16H35N3/c1-6-8-14(3)17-13-16(5)19-11-9-18(10-12-19)15(4)7-2/h14-17H,6-13H2,1-5H3. The number of rotatable bonds is 8. The van der Waals surface area contributed by atoms with Gasteiger partial charge in [-0.3, -0.25) is 9.80 Å². The maximum atomic E-state index is 3.67. The Kier molecular flexibility index (Phi) is 7.96. The Morgan fingerprint density at radius 2 is 1.42 bits per heavy atom. The van der Waals surface area contributed by atoms with E-state index in [-0.39, 0.29) is 0 Å². The largest absolute Gasteiger partial charge is 0.313 e. The summed E-state index contributed by atoms with van der Waals surface area (Å²) in [6, 6.07) is 2.08. The molecule has 19 heavy (non-hydrogen) atoms. The fourth-order valence-electron chi connectivity index (χ4n) is 2.91. The van der Waals surface area contributed by atoms with Crippen LogP contribution in [0.15, 0.2) is 0 Å². The molecule has 3 unspecified atom stereocenters. The Hall–Kier alpha value is -0.120. The second kappa shape index (κ2) is 8.93. The molecule has 0 aliphatic carbocycles. The van der Waals surface area contributed by atoms with Crippen molar-refractivity contribution < 1.29 is 0 Å². The lowest BCUT2D eigenvalue weighted by Gasteiger charge is -2.40. The van der Waals surface area contributed by atoms with Crippen molar-refractivity contribution in [2.24, 2.45) is 0 Å². The monoisotopic (exact) mass is 269 g/mol. The van der Waals surface area contributed by atoms with Crippen LogP contribution in [0.1, 0.15) is 53.9 Å². The normalized spacial score (nSPS) is 23.2. The number of nitrogens with one attached hydrogen (secondary N) is 1. The molecule has 0 aromatic rings. The fourth-order valence-corrected chi connectivity index (χ4v) is 2.91. The third-order valence-electron chi connectivity index (χ3n) is 4.67. The van der Waals surface area contributed by atoms with Crippen LogP contribution in [0.3, 0.4) is 0 Å². The molecule has 1 saturated heterocycles. The number of nitrogens with zero attached hydrogens (tertiary/aromatic N) is 2. The van der Waals surface area contributed by atoms with E-state index in [1.54, 1.807) is 0 Å². The van der Waals surface area contributed by atoms with Gasteiger partial charge in [0.15, 0.2) is 0 Å². The van der Waals surface area contributed by atoms with E-state index in [1.807, 2.05) is 0 Å². The van der Waals surface area contributed by atoms with Crippen LogP contribution in [0.25, 0.3) is 0 Å². The third kappa shape index (κ3) is 5.80. The van der Waals surface area contributed by atoms with Crippen LogP contribution in [0, 0.1) is 0 Å². The zero-order chi connectivity index (χ0) is 14.3. The highest BCUT2D eigenvalue weighted by Gasteiger charge is 2.23. The van der Waals surface area contributed by atoms with Gasteiger partial charge in [-0.1, -0.05) is 20.3 Å². The Bertz CT molecular complexity index is 224. The highest BCUT2D eigenvalue weighted by Crippen LogP contribution is 2.11. The highest BCUT2D eigenvalue weighted by atomic mass is 15.3. The van der Waals surface area contributed by atoms with Crippen molar-refractivity contribution >= 4 is 0 Å². The number of hydrogen-bond acceptors (Lipinski definition) is 3. The summed E-state index contributed by atoms with van der Waals surface area (Å²) in [4.78, 5) is 5.28. The van der Waals surface area contributed by atoms with Gasteiger partial charge in [0.25, 0.3) is 0 Å². The van der Waals surface area contributed by atoms with Gasteiger partial charge in [-0.25, -0.2) is 0 Å². The second-order valence-electron chi connectivity index (χ2n) is 6.28. The molecule has 1 rings (SSSR count). The lowest BCUT2D eigenvalue weighted by molar-refractivity contribution is 0.0763.